The van der Waals surface area contributed by atoms with Crippen molar-refractivity contribution >= 4 is 23.4 Å². The van der Waals surface area contributed by atoms with Crippen molar-refractivity contribution in [2.75, 3.05) is 7.05 Å². The average Bonchev–Trinajstić information content (AvgIpc) is 2.48. The molecule has 0 fully saturated rings. The van der Waals surface area contributed by atoms with E-state index in [1.807, 2.05) is 0 Å². The number of benzene rings is 2. The quantitative estimate of drug-likeness (QED) is 0.695. The lowest BCUT2D eigenvalue weighted by Crippen LogP contribution is -2.18. The van der Waals surface area contributed by atoms with Crippen LogP contribution in [0.25, 0.3) is 0 Å². The van der Waals surface area contributed by atoms with Gasteiger partial charge in [0.15, 0.2) is 0 Å². The molecule has 1 amide bonds. The van der Waals surface area contributed by atoms with Crippen molar-refractivity contribution in [2.45, 2.75) is 9.79 Å². The molecule has 7 heteroatoms. The van der Waals surface area contributed by atoms with Gasteiger partial charge in [-0.3, -0.25) is 14.9 Å². The maximum Gasteiger partial charge on any atom is 0.286 e. The van der Waals surface area contributed by atoms with Gasteiger partial charge < -0.3 is 5.32 Å². The predicted molar refractivity (Wildman–Crippen MR) is 77.0 cm³/mol. The standard InChI is InChI=1S/C14H11FN2O3S/c1-16-14(18)10-4-2-3-5-12(10)21-13-7-6-9(15)8-11(13)17(19)20/h2-8H,1H3,(H,16,18). The Balaban J connectivity index is 2.44. The summed E-state index contributed by atoms with van der Waals surface area (Å²) in [5.41, 5.74) is 0.0790. The van der Waals surface area contributed by atoms with Crippen LogP contribution in [-0.4, -0.2) is 17.9 Å². The van der Waals surface area contributed by atoms with E-state index in [9.17, 15) is 19.3 Å². The Labute approximate surface area is 124 Å². The Morgan fingerprint density at radius 2 is 1.95 bits per heavy atom. The summed E-state index contributed by atoms with van der Waals surface area (Å²) < 4.78 is 13.1. The summed E-state index contributed by atoms with van der Waals surface area (Å²) in [7, 11) is 1.50. The number of nitro benzene ring substituents is 1. The maximum atomic E-state index is 13.1. The molecular weight excluding hydrogens is 295 g/mol. The number of nitrogens with zero attached hydrogens (tertiary/aromatic N) is 1. The first-order chi connectivity index (χ1) is 10.0. The highest BCUT2D eigenvalue weighted by atomic mass is 32.2. The Morgan fingerprint density at radius 3 is 2.62 bits per heavy atom. The molecule has 0 saturated carbocycles. The first kappa shape index (κ1) is 15.0. The molecule has 0 aliphatic heterocycles. The molecule has 0 atom stereocenters. The van der Waals surface area contributed by atoms with Crippen molar-refractivity contribution in [3.05, 3.63) is 64.0 Å². The smallest absolute Gasteiger partial charge is 0.286 e. The van der Waals surface area contributed by atoms with Gasteiger partial charge >= 0.3 is 0 Å². The number of hydrogen-bond donors (Lipinski definition) is 1. The lowest BCUT2D eigenvalue weighted by atomic mass is 10.2. The van der Waals surface area contributed by atoms with Gasteiger partial charge in [-0.15, -0.1) is 0 Å². The zero-order valence-electron chi connectivity index (χ0n) is 11.0. The van der Waals surface area contributed by atoms with E-state index in [1.54, 1.807) is 24.3 Å². The molecule has 5 nitrogen and oxygen atoms in total. The third-order valence-corrected chi connectivity index (χ3v) is 3.84. The molecule has 0 heterocycles. The van der Waals surface area contributed by atoms with E-state index in [0.29, 0.717) is 10.5 Å². The lowest BCUT2D eigenvalue weighted by Gasteiger charge is -2.08. The monoisotopic (exact) mass is 306 g/mol. The first-order valence-electron chi connectivity index (χ1n) is 5.96. The number of rotatable bonds is 4. The Bertz CT molecular complexity index is 706. The summed E-state index contributed by atoms with van der Waals surface area (Å²) in [5, 5.41) is 13.5. The highest BCUT2D eigenvalue weighted by Crippen LogP contribution is 2.36. The van der Waals surface area contributed by atoms with E-state index in [1.165, 1.54) is 13.1 Å². The number of nitro groups is 1. The van der Waals surface area contributed by atoms with Gasteiger partial charge in [0.1, 0.15) is 5.82 Å². The van der Waals surface area contributed by atoms with Crippen LogP contribution in [0.4, 0.5) is 10.1 Å². The summed E-state index contributed by atoms with van der Waals surface area (Å²) >= 11 is 1.05. The third-order valence-electron chi connectivity index (χ3n) is 2.70. The molecule has 108 valence electrons. The van der Waals surface area contributed by atoms with Crippen LogP contribution in [0, 0.1) is 15.9 Å². The molecule has 2 aromatic carbocycles. The molecule has 0 saturated heterocycles. The summed E-state index contributed by atoms with van der Waals surface area (Å²) in [6.45, 7) is 0. The largest absolute Gasteiger partial charge is 0.355 e. The SMILES string of the molecule is CNC(=O)c1ccccc1Sc1ccc(F)cc1[N+](=O)[O-]. The topological polar surface area (TPSA) is 72.2 Å². The number of halogens is 1. The molecule has 0 unspecified atom stereocenters. The van der Waals surface area contributed by atoms with Gasteiger partial charge in [-0.05, 0) is 24.3 Å². The number of carbonyl (C=O) groups is 1. The van der Waals surface area contributed by atoms with Crippen LogP contribution in [0.2, 0.25) is 0 Å². The molecule has 0 aromatic heterocycles. The second-order valence-electron chi connectivity index (χ2n) is 4.05. The molecular formula is C14H11FN2O3S. The summed E-state index contributed by atoms with van der Waals surface area (Å²) in [5.74, 6) is -0.964. The summed E-state index contributed by atoms with van der Waals surface area (Å²) in [4.78, 5) is 23.0. The minimum Gasteiger partial charge on any atom is -0.355 e. The molecule has 0 aliphatic rings. The van der Waals surface area contributed by atoms with E-state index in [4.69, 9.17) is 0 Å². The molecule has 21 heavy (non-hydrogen) atoms. The Morgan fingerprint density at radius 1 is 1.24 bits per heavy atom. The number of nitrogens with one attached hydrogen (secondary N) is 1. The first-order valence-corrected chi connectivity index (χ1v) is 6.77. The highest BCUT2D eigenvalue weighted by Gasteiger charge is 2.18. The zero-order valence-corrected chi connectivity index (χ0v) is 11.8. The van der Waals surface area contributed by atoms with Crippen molar-refractivity contribution in [2.24, 2.45) is 0 Å². The minimum atomic E-state index is -0.675. The Kier molecular flexibility index (Phi) is 4.54. The lowest BCUT2D eigenvalue weighted by molar-refractivity contribution is -0.387. The summed E-state index contributed by atoms with van der Waals surface area (Å²) in [6, 6.07) is 10.1. The van der Waals surface area contributed by atoms with E-state index < -0.39 is 10.7 Å². The fourth-order valence-corrected chi connectivity index (χ4v) is 2.74. The van der Waals surface area contributed by atoms with Gasteiger partial charge in [0.2, 0.25) is 0 Å². The van der Waals surface area contributed by atoms with Crippen molar-refractivity contribution in [3.8, 4) is 0 Å². The number of hydrogen-bond acceptors (Lipinski definition) is 4. The van der Waals surface area contributed by atoms with Crippen LogP contribution in [0.1, 0.15) is 10.4 Å². The van der Waals surface area contributed by atoms with E-state index in [0.717, 1.165) is 23.9 Å². The fraction of sp³-hybridized carbons (Fsp3) is 0.0714. The van der Waals surface area contributed by atoms with Crippen LogP contribution < -0.4 is 5.32 Å². The molecule has 1 N–H and O–H groups in total. The maximum absolute atomic E-state index is 13.1. The van der Waals surface area contributed by atoms with Gasteiger partial charge in [0.05, 0.1) is 21.4 Å². The number of amides is 1. The summed E-state index contributed by atoms with van der Waals surface area (Å²) in [6.07, 6.45) is 0. The molecule has 0 radical (unpaired) electrons. The molecule has 0 aliphatic carbocycles. The molecule has 2 rings (SSSR count). The van der Waals surface area contributed by atoms with Gasteiger partial charge in [-0.25, -0.2) is 4.39 Å². The third kappa shape index (κ3) is 3.38. The second-order valence-corrected chi connectivity index (χ2v) is 5.13. The fourth-order valence-electron chi connectivity index (χ4n) is 1.72. The predicted octanol–water partition coefficient (Wildman–Crippen LogP) is 3.24. The molecule has 0 bridgehead atoms. The second kappa shape index (κ2) is 6.36. The van der Waals surface area contributed by atoms with Crippen molar-refractivity contribution in [1.29, 1.82) is 0 Å². The molecule has 0 spiro atoms. The van der Waals surface area contributed by atoms with Gasteiger partial charge in [0, 0.05) is 11.9 Å². The van der Waals surface area contributed by atoms with Gasteiger partial charge in [0.25, 0.3) is 11.6 Å². The van der Waals surface area contributed by atoms with E-state index in [-0.39, 0.29) is 16.5 Å². The van der Waals surface area contributed by atoms with Crippen molar-refractivity contribution < 1.29 is 14.1 Å². The Hall–Kier alpha value is -2.41. The van der Waals surface area contributed by atoms with Crippen LogP contribution in [0.3, 0.4) is 0 Å². The van der Waals surface area contributed by atoms with Crippen LogP contribution >= 0.6 is 11.8 Å². The normalized spacial score (nSPS) is 10.2. The van der Waals surface area contributed by atoms with E-state index >= 15 is 0 Å². The number of carbonyl (C=O) groups excluding carboxylic acids is 1. The van der Waals surface area contributed by atoms with Crippen LogP contribution in [-0.2, 0) is 0 Å². The highest BCUT2D eigenvalue weighted by molar-refractivity contribution is 7.99. The molecule has 2 aromatic rings. The van der Waals surface area contributed by atoms with Crippen LogP contribution in [0.15, 0.2) is 52.3 Å². The average molecular weight is 306 g/mol. The van der Waals surface area contributed by atoms with Gasteiger partial charge in [-0.1, -0.05) is 23.9 Å². The van der Waals surface area contributed by atoms with Crippen molar-refractivity contribution in [1.82, 2.24) is 5.32 Å². The van der Waals surface area contributed by atoms with E-state index in [2.05, 4.69) is 5.32 Å². The van der Waals surface area contributed by atoms with Crippen LogP contribution in [0.5, 0.6) is 0 Å². The zero-order chi connectivity index (χ0) is 15.4. The van der Waals surface area contributed by atoms with Crippen molar-refractivity contribution in [3.63, 3.8) is 0 Å². The van der Waals surface area contributed by atoms with Gasteiger partial charge in [-0.2, -0.15) is 0 Å². The minimum absolute atomic E-state index is 0.276.